The molecular formula is C14H21ClN4O. The summed E-state index contributed by atoms with van der Waals surface area (Å²) in [6.07, 6.45) is 1.58. The summed E-state index contributed by atoms with van der Waals surface area (Å²) in [7, 11) is 3.84. The SMILES string of the molecule is CNc1ncc(C(=O)N2CC(C)N(C)C(C)C2)cc1Cl. The van der Waals surface area contributed by atoms with Crippen LogP contribution in [0.1, 0.15) is 24.2 Å². The van der Waals surface area contributed by atoms with Crippen molar-refractivity contribution in [3.63, 3.8) is 0 Å². The molecule has 0 spiro atoms. The fourth-order valence-corrected chi connectivity index (χ4v) is 2.75. The van der Waals surface area contributed by atoms with Gasteiger partial charge in [0.05, 0.1) is 10.6 Å². The van der Waals surface area contributed by atoms with Crippen LogP contribution in [0.3, 0.4) is 0 Å². The van der Waals surface area contributed by atoms with E-state index in [1.807, 2.05) is 4.90 Å². The maximum atomic E-state index is 12.5. The lowest BCUT2D eigenvalue weighted by Gasteiger charge is -2.42. The van der Waals surface area contributed by atoms with Crippen LogP contribution >= 0.6 is 11.6 Å². The van der Waals surface area contributed by atoms with Gasteiger partial charge in [0.2, 0.25) is 0 Å². The fourth-order valence-electron chi connectivity index (χ4n) is 2.49. The average molecular weight is 297 g/mol. The van der Waals surface area contributed by atoms with Crippen LogP contribution < -0.4 is 5.32 Å². The van der Waals surface area contributed by atoms with Gasteiger partial charge < -0.3 is 10.2 Å². The molecule has 1 aliphatic heterocycles. The molecule has 1 N–H and O–H groups in total. The first kappa shape index (κ1) is 15.1. The number of pyridine rings is 1. The highest BCUT2D eigenvalue weighted by Gasteiger charge is 2.30. The smallest absolute Gasteiger partial charge is 0.255 e. The molecular weight excluding hydrogens is 276 g/mol. The van der Waals surface area contributed by atoms with Crippen molar-refractivity contribution < 1.29 is 4.79 Å². The van der Waals surface area contributed by atoms with Crippen LogP contribution in [-0.4, -0.2) is 60.0 Å². The molecule has 0 radical (unpaired) electrons. The van der Waals surface area contributed by atoms with E-state index in [1.54, 1.807) is 19.3 Å². The van der Waals surface area contributed by atoms with Gasteiger partial charge in [-0.05, 0) is 27.0 Å². The Hall–Kier alpha value is -1.33. The number of rotatable bonds is 2. The van der Waals surface area contributed by atoms with E-state index in [4.69, 9.17) is 11.6 Å². The lowest BCUT2D eigenvalue weighted by molar-refractivity contribution is 0.0414. The first-order valence-electron chi connectivity index (χ1n) is 6.78. The molecule has 6 heteroatoms. The van der Waals surface area contributed by atoms with Crippen LogP contribution in [-0.2, 0) is 0 Å². The minimum Gasteiger partial charge on any atom is -0.372 e. The predicted molar refractivity (Wildman–Crippen MR) is 81.4 cm³/mol. The molecule has 0 saturated carbocycles. The normalized spacial score (nSPS) is 23.8. The molecule has 110 valence electrons. The second-order valence-corrected chi connectivity index (χ2v) is 5.79. The summed E-state index contributed by atoms with van der Waals surface area (Å²) in [6.45, 7) is 5.71. The average Bonchev–Trinajstić information content (AvgIpc) is 2.43. The van der Waals surface area contributed by atoms with Crippen LogP contribution in [0.15, 0.2) is 12.3 Å². The monoisotopic (exact) mass is 296 g/mol. The highest BCUT2D eigenvalue weighted by atomic mass is 35.5. The Morgan fingerprint density at radius 2 is 2.00 bits per heavy atom. The molecule has 20 heavy (non-hydrogen) atoms. The van der Waals surface area contributed by atoms with E-state index >= 15 is 0 Å². The second-order valence-electron chi connectivity index (χ2n) is 5.38. The molecule has 2 heterocycles. The molecule has 1 aliphatic rings. The third-order valence-electron chi connectivity index (χ3n) is 3.97. The number of carbonyl (C=O) groups excluding carboxylic acids is 1. The molecule has 1 saturated heterocycles. The van der Waals surface area contributed by atoms with E-state index in [1.165, 1.54) is 0 Å². The number of carbonyl (C=O) groups is 1. The minimum atomic E-state index is -0.00569. The van der Waals surface area contributed by atoms with Gasteiger partial charge in [0.15, 0.2) is 0 Å². The molecule has 0 aliphatic carbocycles. The Balaban J connectivity index is 2.17. The molecule has 1 amide bonds. The quantitative estimate of drug-likeness (QED) is 0.906. The number of likely N-dealkylation sites (N-methyl/N-ethyl adjacent to an activating group) is 1. The highest BCUT2D eigenvalue weighted by molar-refractivity contribution is 6.33. The van der Waals surface area contributed by atoms with Gasteiger partial charge in [-0.2, -0.15) is 0 Å². The Morgan fingerprint density at radius 1 is 1.40 bits per heavy atom. The maximum Gasteiger partial charge on any atom is 0.255 e. The molecule has 0 bridgehead atoms. The van der Waals surface area contributed by atoms with Crippen molar-refractivity contribution in [3.05, 3.63) is 22.8 Å². The van der Waals surface area contributed by atoms with Crippen LogP contribution in [0.25, 0.3) is 0 Å². The third kappa shape index (κ3) is 2.88. The number of hydrogen-bond donors (Lipinski definition) is 1. The summed E-state index contributed by atoms with van der Waals surface area (Å²) in [4.78, 5) is 20.9. The highest BCUT2D eigenvalue weighted by Crippen LogP contribution is 2.22. The van der Waals surface area contributed by atoms with Crippen LogP contribution in [0.2, 0.25) is 5.02 Å². The molecule has 1 aromatic rings. The zero-order valence-corrected chi connectivity index (χ0v) is 13.1. The predicted octanol–water partition coefficient (Wildman–Crippen LogP) is 1.94. The van der Waals surface area contributed by atoms with Crippen molar-refractivity contribution in [1.82, 2.24) is 14.8 Å². The van der Waals surface area contributed by atoms with Gasteiger partial charge in [-0.25, -0.2) is 4.98 Å². The van der Waals surface area contributed by atoms with Gasteiger partial charge >= 0.3 is 0 Å². The molecule has 5 nitrogen and oxygen atoms in total. The number of hydrogen-bond acceptors (Lipinski definition) is 4. The number of anilines is 1. The topological polar surface area (TPSA) is 48.5 Å². The van der Waals surface area contributed by atoms with E-state index in [0.717, 1.165) is 13.1 Å². The fraction of sp³-hybridized carbons (Fsp3) is 0.571. The van der Waals surface area contributed by atoms with Crippen molar-refractivity contribution in [2.45, 2.75) is 25.9 Å². The third-order valence-corrected chi connectivity index (χ3v) is 4.26. The lowest BCUT2D eigenvalue weighted by Crippen LogP contribution is -2.56. The summed E-state index contributed by atoms with van der Waals surface area (Å²) in [5.41, 5.74) is 0.540. The first-order chi connectivity index (χ1) is 9.43. The summed E-state index contributed by atoms with van der Waals surface area (Å²) in [6, 6.07) is 2.38. The lowest BCUT2D eigenvalue weighted by atomic mass is 10.1. The molecule has 2 rings (SSSR count). The minimum absolute atomic E-state index is 0.00569. The maximum absolute atomic E-state index is 12.5. The Morgan fingerprint density at radius 3 is 2.50 bits per heavy atom. The summed E-state index contributed by atoms with van der Waals surface area (Å²) in [5, 5.41) is 3.35. The Bertz CT molecular complexity index is 496. The van der Waals surface area contributed by atoms with Crippen LogP contribution in [0.5, 0.6) is 0 Å². The van der Waals surface area contributed by atoms with E-state index < -0.39 is 0 Å². The number of piperazine rings is 1. The summed E-state index contributed by atoms with van der Waals surface area (Å²) < 4.78 is 0. The zero-order valence-electron chi connectivity index (χ0n) is 12.4. The first-order valence-corrected chi connectivity index (χ1v) is 7.16. The molecule has 2 atom stereocenters. The largest absolute Gasteiger partial charge is 0.372 e. The van der Waals surface area contributed by atoms with E-state index in [0.29, 0.717) is 28.5 Å². The number of amides is 1. The van der Waals surface area contributed by atoms with Gasteiger partial charge in [0.1, 0.15) is 5.82 Å². The number of halogens is 1. The number of nitrogens with zero attached hydrogens (tertiary/aromatic N) is 3. The zero-order chi connectivity index (χ0) is 14.9. The van der Waals surface area contributed by atoms with Crippen LogP contribution in [0.4, 0.5) is 5.82 Å². The molecule has 2 unspecified atom stereocenters. The van der Waals surface area contributed by atoms with Crippen LogP contribution in [0, 0.1) is 0 Å². The van der Waals surface area contributed by atoms with Gasteiger partial charge in [-0.15, -0.1) is 0 Å². The van der Waals surface area contributed by atoms with Gasteiger partial charge in [-0.3, -0.25) is 9.69 Å². The molecule has 0 aromatic carbocycles. The van der Waals surface area contributed by atoms with Crippen molar-refractivity contribution >= 4 is 23.3 Å². The Labute approximate surface area is 124 Å². The van der Waals surface area contributed by atoms with E-state index in [9.17, 15) is 4.79 Å². The molecule has 1 fully saturated rings. The number of nitrogens with one attached hydrogen (secondary N) is 1. The molecule has 1 aromatic heterocycles. The van der Waals surface area contributed by atoms with Crippen molar-refractivity contribution in [3.8, 4) is 0 Å². The van der Waals surface area contributed by atoms with Crippen molar-refractivity contribution in [2.75, 3.05) is 32.5 Å². The van der Waals surface area contributed by atoms with Crippen molar-refractivity contribution in [2.24, 2.45) is 0 Å². The van der Waals surface area contributed by atoms with Gasteiger partial charge in [0, 0.05) is 38.4 Å². The van der Waals surface area contributed by atoms with E-state index in [2.05, 4.69) is 36.1 Å². The van der Waals surface area contributed by atoms with E-state index in [-0.39, 0.29) is 5.91 Å². The van der Waals surface area contributed by atoms with Crippen molar-refractivity contribution in [1.29, 1.82) is 0 Å². The second kappa shape index (κ2) is 5.97. The summed E-state index contributed by atoms with van der Waals surface area (Å²) >= 11 is 6.09. The van der Waals surface area contributed by atoms with Gasteiger partial charge in [0.25, 0.3) is 5.91 Å². The Kier molecular flexibility index (Phi) is 4.50. The standard InChI is InChI=1S/C14H21ClN4O/c1-9-7-19(8-10(2)18(9)4)14(20)11-5-12(15)13(16-3)17-6-11/h5-6,9-10H,7-8H2,1-4H3,(H,16,17). The van der Waals surface area contributed by atoms with Gasteiger partial charge in [-0.1, -0.05) is 11.6 Å². The summed E-state index contributed by atoms with van der Waals surface area (Å²) in [5.74, 6) is 0.581. The number of aromatic nitrogens is 1.